The van der Waals surface area contributed by atoms with Gasteiger partial charge in [0.05, 0.1) is 19.3 Å². The third-order valence-electron chi connectivity index (χ3n) is 6.34. The predicted molar refractivity (Wildman–Crippen MR) is 117 cm³/mol. The Morgan fingerprint density at radius 1 is 1.06 bits per heavy atom. The highest BCUT2D eigenvalue weighted by molar-refractivity contribution is 5.69. The average molecular weight is 437 g/mol. The van der Waals surface area contributed by atoms with Gasteiger partial charge in [0, 0.05) is 0 Å². The fraction of sp³-hybridized carbons (Fsp3) is 0.773. The summed E-state index contributed by atoms with van der Waals surface area (Å²) in [4.78, 5) is 22.9. The van der Waals surface area contributed by atoms with Gasteiger partial charge < -0.3 is 25.0 Å². The van der Waals surface area contributed by atoms with Crippen molar-refractivity contribution in [2.45, 2.75) is 102 Å². The van der Waals surface area contributed by atoms with Gasteiger partial charge >= 0.3 is 0 Å². The molecule has 0 aromatic carbocycles. The zero-order chi connectivity index (χ0) is 22.3. The number of aromatic amines is 1. The summed E-state index contributed by atoms with van der Waals surface area (Å²) in [5.41, 5.74) is -1.30. The SMILES string of the molecule is CCCCCCCCCCCC[C@@]1(n2cnc3c(=O)[nH]cnc32)O[C@H](CO)[C@@H](O)[C@H]1O. The molecule has 2 aromatic heterocycles. The number of rotatable bonds is 13. The molecule has 1 fully saturated rings. The molecule has 2 aromatic rings. The summed E-state index contributed by atoms with van der Waals surface area (Å²) in [5, 5.41) is 30.9. The maximum atomic E-state index is 12.1. The van der Waals surface area contributed by atoms with E-state index < -0.39 is 30.6 Å². The molecule has 1 aliphatic rings. The second kappa shape index (κ2) is 11.2. The van der Waals surface area contributed by atoms with Gasteiger partial charge in [0.25, 0.3) is 5.56 Å². The minimum absolute atomic E-state index is 0.141. The summed E-state index contributed by atoms with van der Waals surface area (Å²) in [7, 11) is 0. The Morgan fingerprint density at radius 2 is 1.71 bits per heavy atom. The van der Waals surface area contributed by atoms with E-state index in [0.717, 1.165) is 19.3 Å². The standard InChI is InChI=1S/C22H36N4O5/c1-2-3-4-5-6-7-8-9-10-11-12-22(19(29)18(28)16(13-27)31-22)26-15-25-17-20(26)23-14-24-21(17)30/h14-16,18-19,27-29H,2-13H2,1H3,(H,23,24,30)/t16-,18-,19-,22-/m1/s1. The molecule has 4 N–H and O–H groups in total. The molecule has 0 unspecified atom stereocenters. The largest absolute Gasteiger partial charge is 0.394 e. The highest BCUT2D eigenvalue weighted by atomic mass is 16.6. The molecular formula is C22H36N4O5. The zero-order valence-corrected chi connectivity index (χ0v) is 18.4. The highest BCUT2D eigenvalue weighted by Crippen LogP contribution is 2.41. The third-order valence-corrected chi connectivity index (χ3v) is 6.34. The van der Waals surface area contributed by atoms with E-state index in [4.69, 9.17) is 4.74 Å². The first-order chi connectivity index (χ1) is 15.0. The van der Waals surface area contributed by atoms with Gasteiger partial charge in [-0.05, 0) is 12.8 Å². The van der Waals surface area contributed by atoms with Crippen LogP contribution in [0.1, 0.15) is 77.6 Å². The van der Waals surface area contributed by atoms with Crippen LogP contribution in [-0.4, -0.2) is 59.8 Å². The van der Waals surface area contributed by atoms with E-state index in [2.05, 4.69) is 21.9 Å². The highest BCUT2D eigenvalue weighted by Gasteiger charge is 2.55. The van der Waals surface area contributed by atoms with Gasteiger partial charge in [-0.1, -0.05) is 64.7 Å². The molecule has 0 saturated carbocycles. The van der Waals surface area contributed by atoms with Gasteiger partial charge in [0.2, 0.25) is 0 Å². The average Bonchev–Trinajstić information content (AvgIpc) is 3.31. The second-order valence-corrected chi connectivity index (χ2v) is 8.57. The first-order valence-corrected chi connectivity index (χ1v) is 11.6. The van der Waals surface area contributed by atoms with Crippen molar-refractivity contribution in [2.24, 2.45) is 0 Å². The van der Waals surface area contributed by atoms with Gasteiger partial charge in [0.1, 0.15) is 18.3 Å². The number of aliphatic hydroxyl groups excluding tert-OH is 3. The number of hydrogen-bond donors (Lipinski definition) is 4. The lowest BCUT2D eigenvalue weighted by Crippen LogP contribution is -2.45. The predicted octanol–water partition coefficient (Wildman–Crippen LogP) is 2.20. The molecule has 0 amide bonds. The first kappa shape index (κ1) is 23.8. The van der Waals surface area contributed by atoms with Crippen LogP contribution in [0.25, 0.3) is 11.2 Å². The van der Waals surface area contributed by atoms with Crippen molar-refractivity contribution >= 4 is 11.2 Å². The topological polar surface area (TPSA) is 133 Å². The molecule has 0 aliphatic carbocycles. The summed E-state index contributed by atoms with van der Waals surface area (Å²) in [6, 6.07) is 0. The number of ether oxygens (including phenoxy) is 1. The molecular weight excluding hydrogens is 400 g/mol. The lowest BCUT2D eigenvalue weighted by atomic mass is 9.95. The van der Waals surface area contributed by atoms with Crippen molar-refractivity contribution in [3.8, 4) is 0 Å². The summed E-state index contributed by atoms with van der Waals surface area (Å²) in [5.74, 6) is 0. The van der Waals surface area contributed by atoms with Crippen LogP contribution in [0.3, 0.4) is 0 Å². The van der Waals surface area contributed by atoms with Crippen molar-refractivity contribution in [1.82, 2.24) is 19.5 Å². The van der Waals surface area contributed by atoms with Crippen LogP contribution in [0.5, 0.6) is 0 Å². The van der Waals surface area contributed by atoms with Crippen molar-refractivity contribution < 1.29 is 20.1 Å². The smallest absolute Gasteiger partial charge is 0.278 e. The lowest BCUT2D eigenvalue weighted by molar-refractivity contribution is -0.151. The van der Waals surface area contributed by atoms with Gasteiger partial charge in [-0.15, -0.1) is 0 Å². The summed E-state index contributed by atoms with van der Waals surface area (Å²) in [6.07, 6.45) is 11.4. The first-order valence-electron chi connectivity index (χ1n) is 11.6. The minimum Gasteiger partial charge on any atom is -0.394 e. The van der Waals surface area contributed by atoms with E-state index in [-0.39, 0.29) is 16.7 Å². The second-order valence-electron chi connectivity index (χ2n) is 8.57. The van der Waals surface area contributed by atoms with E-state index in [1.54, 1.807) is 0 Å². The quantitative estimate of drug-likeness (QED) is 0.354. The van der Waals surface area contributed by atoms with Crippen molar-refractivity contribution in [1.29, 1.82) is 0 Å². The fourth-order valence-electron chi connectivity index (χ4n) is 4.53. The van der Waals surface area contributed by atoms with Crippen molar-refractivity contribution in [3.05, 3.63) is 23.0 Å². The van der Waals surface area contributed by atoms with Crippen LogP contribution in [0.2, 0.25) is 0 Å². The number of aromatic nitrogens is 4. The number of nitrogens with zero attached hydrogens (tertiary/aromatic N) is 3. The fourth-order valence-corrected chi connectivity index (χ4v) is 4.53. The normalized spacial score (nSPS) is 26.1. The van der Waals surface area contributed by atoms with Crippen LogP contribution in [-0.2, 0) is 10.5 Å². The van der Waals surface area contributed by atoms with Crippen LogP contribution in [0.4, 0.5) is 0 Å². The Bertz CT molecular complexity index is 869. The molecule has 4 atom stereocenters. The molecule has 9 nitrogen and oxygen atoms in total. The van der Waals surface area contributed by atoms with Gasteiger partial charge in [0.15, 0.2) is 16.9 Å². The number of hydrogen-bond acceptors (Lipinski definition) is 7. The molecule has 0 spiro atoms. The number of aliphatic hydroxyl groups is 3. The van der Waals surface area contributed by atoms with Crippen LogP contribution in [0, 0.1) is 0 Å². The minimum atomic E-state index is -1.33. The molecule has 1 aliphatic heterocycles. The molecule has 3 rings (SSSR count). The van der Waals surface area contributed by atoms with E-state index in [9.17, 15) is 20.1 Å². The Hall–Kier alpha value is -1.81. The zero-order valence-electron chi connectivity index (χ0n) is 18.4. The van der Waals surface area contributed by atoms with Crippen molar-refractivity contribution in [3.63, 3.8) is 0 Å². The van der Waals surface area contributed by atoms with E-state index in [1.807, 2.05) is 0 Å². The number of imidazole rings is 1. The van der Waals surface area contributed by atoms with E-state index >= 15 is 0 Å². The summed E-state index contributed by atoms with van der Waals surface area (Å²) in [6.45, 7) is 1.80. The number of H-pyrrole nitrogens is 1. The van der Waals surface area contributed by atoms with Gasteiger partial charge in [-0.25, -0.2) is 9.97 Å². The van der Waals surface area contributed by atoms with Crippen LogP contribution in [0.15, 0.2) is 17.4 Å². The van der Waals surface area contributed by atoms with Gasteiger partial charge in [-0.3, -0.25) is 9.36 Å². The number of fused-ring (bicyclic) bond motifs is 1. The Kier molecular flexibility index (Phi) is 8.59. The number of unbranched alkanes of at least 4 members (excludes halogenated alkanes) is 9. The maximum absolute atomic E-state index is 12.1. The van der Waals surface area contributed by atoms with E-state index in [1.165, 1.54) is 62.2 Å². The Labute approximate surface area is 182 Å². The lowest BCUT2D eigenvalue weighted by Gasteiger charge is -2.34. The summed E-state index contributed by atoms with van der Waals surface area (Å²) >= 11 is 0. The summed E-state index contributed by atoms with van der Waals surface area (Å²) < 4.78 is 7.56. The van der Waals surface area contributed by atoms with Gasteiger partial charge in [-0.2, -0.15) is 0 Å². The van der Waals surface area contributed by atoms with Crippen LogP contribution < -0.4 is 5.56 Å². The molecule has 9 heteroatoms. The van der Waals surface area contributed by atoms with E-state index in [0.29, 0.717) is 6.42 Å². The molecule has 0 radical (unpaired) electrons. The molecule has 174 valence electrons. The molecule has 31 heavy (non-hydrogen) atoms. The third kappa shape index (κ3) is 5.16. The molecule has 0 bridgehead atoms. The van der Waals surface area contributed by atoms with Crippen LogP contribution >= 0.6 is 0 Å². The monoisotopic (exact) mass is 436 g/mol. The number of nitrogens with one attached hydrogen (secondary N) is 1. The maximum Gasteiger partial charge on any atom is 0.278 e. The Balaban J connectivity index is 1.65. The Morgan fingerprint density at radius 3 is 2.32 bits per heavy atom. The molecule has 1 saturated heterocycles. The van der Waals surface area contributed by atoms with Crippen molar-refractivity contribution in [2.75, 3.05) is 6.61 Å². The molecule has 3 heterocycles.